The molecule has 0 aromatic heterocycles. The fourth-order valence-electron chi connectivity index (χ4n) is 2.30. The van der Waals surface area contributed by atoms with E-state index in [1.165, 1.54) is 17.7 Å². The zero-order valence-corrected chi connectivity index (χ0v) is 12.0. The van der Waals surface area contributed by atoms with Crippen LogP contribution in [0.2, 0.25) is 0 Å². The molecule has 0 spiro atoms. The number of halogens is 1. The van der Waals surface area contributed by atoms with E-state index < -0.39 is 0 Å². The lowest BCUT2D eigenvalue weighted by atomic mass is 10.1. The quantitative estimate of drug-likeness (QED) is 0.902. The summed E-state index contributed by atoms with van der Waals surface area (Å²) in [5, 5.41) is 0. The van der Waals surface area contributed by atoms with Crippen LogP contribution in [0.1, 0.15) is 24.1 Å². The van der Waals surface area contributed by atoms with Crippen molar-refractivity contribution in [3.63, 3.8) is 0 Å². The number of hydrogen-bond acceptors (Lipinski definition) is 2. The first-order valence-corrected chi connectivity index (χ1v) is 6.88. The van der Waals surface area contributed by atoms with Crippen molar-refractivity contribution in [3.05, 3.63) is 65.5 Å². The predicted molar refractivity (Wildman–Crippen MR) is 82.4 cm³/mol. The Bertz CT molecular complexity index is 552. The first-order chi connectivity index (χ1) is 9.58. The van der Waals surface area contributed by atoms with E-state index in [9.17, 15) is 4.39 Å². The summed E-state index contributed by atoms with van der Waals surface area (Å²) in [5.41, 5.74) is 9.08. The molecule has 20 heavy (non-hydrogen) atoms. The van der Waals surface area contributed by atoms with E-state index >= 15 is 0 Å². The average Bonchev–Trinajstić information content (AvgIpc) is 2.45. The van der Waals surface area contributed by atoms with Gasteiger partial charge < -0.3 is 10.6 Å². The van der Waals surface area contributed by atoms with Crippen molar-refractivity contribution in [2.24, 2.45) is 5.73 Å². The minimum absolute atomic E-state index is 0.181. The molecule has 0 heterocycles. The van der Waals surface area contributed by atoms with Crippen LogP contribution in [0, 0.1) is 5.82 Å². The molecule has 1 unspecified atom stereocenters. The molecule has 2 aromatic carbocycles. The SMILES string of the molecule is CC(N)c1cc(F)ccc1N(C)CCc1ccccc1. The second kappa shape index (κ2) is 6.53. The van der Waals surface area contributed by atoms with Crippen LogP contribution in [0.4, 0.5) is 10.1 Å². The van der Waals surface area contributed by atoms with Gasteiger partial charge >= 0.3 is 0 Å². The highest BCUT2D eigenvalue weighted by Gasteiger charge is 2.12. The third-order valence-electron chi connectivity index (χ3n) is 3.47. The number of nitrogens with zero attached hydrogens (tertiary/aromatic N) is 1. The minimum Gasteiger partial charge on any atom is -0.374 e. The van der Waals surface area contributed by atoms with E-state index in [-0.39, 0.29) is 11.9 Å². The van der Waals surface area contributed by atoms with Gasteiger partial charge in [0, 0.05) is 25.3 Å². The second-order valence-electron chi connectivity index (χ2n) is 5.15. The lowest BCUT2D eigenvalue weighted by Crippen LogP contribution is -2.23. The third-order valence-corrected chi connectivity index (χ3v) is 3.47. The zero-order chi connectivity index (χ0) is 14.5. The fourth-order valence-corrected chi connectivity index (χ4v) is 2.30. The van der Waals surface area contributed by atoms with Crippen LogP contribution in [0.5, 0.6) is 0 Å². The summed E-state index contributed by atoms with van der Waals surface area (Å²) in [6.07, 6.45) is 0.951. The maximum Gasteiger partial charge on any atom is 0.123 e. The van der Waals surface area contributed by atoms with Crippen LogP contribution in [0.3, 0.4) is 0 Å². The molecule has 0 aliphatic heterocycles. The van der Waals surface area contributed by atoms with Crippen LogP contribution in [-0.4, -0.2) is 13.6 Å². The molecule has 0 radical (unpaired) electrons. The summed E-state index contributed by atoms with van der Waals surface area (Å²) < 4.78 is 13.3. The molecule has 0 aliphatic rings. The molecule has 1 atom stereocenters. The molecule has 3 heteroatoms. The van der Waals surface area contributed by atoms with Gasteiger partial charge in [-0.15, -0.1) is 0 Å². The van der Waals surface area contributed by atoms with E-state index in [0.29, 0.717) is 0 Å². The normalized spacial score (nSPS) is 12.2. The molecule has 0 fully saturated rings. The lowest BCUT2D eigenvalue weighted by molar-refractivity contribution is 0.622. The molecule has 0 aliphatic carbocycles. The minimum atomic E-state index is -0.238. The van der Waals surface area contributed by atoms with E-state index in [1.54, 1.807) is 6.07 Å². The van der Waals surface area contributed by atoms with Crippen molar-refractivity contribution < 1.29 is 4.39 Å². The Morgan fingerprint density at radius 3 is 2.50 bits per heavy atom. The molecular weight excluding hydrogens is 251 g/mol. The van der Waals surface area contributed by atoms with Crippen molar-refractivity contribution in [1.29, 1.82) is 0 Å². The first kappa shape index (κ1) is 14.5. The monoisotopic (exact) mass is 272 g/mol. The van der Waals surface area contributed by atoms with Gasteiger partial charge in [-0.05, 0) is 42.7 Å². The number of nitrogens with two attached hydrogens (primary N) is 1. The standard InChI is InChI=1S/C17H21FN2/c1-13(19)16-12-15(18)8-9-17(16)20(2)11-10-14-6-4-3-5-7-14/h3-9,12-13H,10-11,19H2,1-2H3. The van der Waals surface area contributed by atoms with Crippen molar-refractivity contribution in [3.8, 4) is 0 Å². The van der Waals surface area contributed by atoms with Crippen molar-refractivity contribution >= 4 is 5.69 Å². The lowest BCUT2D eigenvalue weighted by Gasteiger charge is -2.24. The Morgan fingerprint density at radius 1 is 1.15 bits per heavy atom. The highest BCUT2D eigenvalue weighted by atomic mass is 19.1. The van der Waals surface area contributed by atoms with Crippen LogP contribution >= 0.6 is 0 Å². The Hall–Kier alpha value is -1.87. The van der Waals surface area contributed by atoms with Crippen LogP contribution in [0.15, 0.2) is 48.5 Å². The smallest absolute Gasteiger partial charge is 0.123 e. The van der Waals surface area contributed by atoms with Crippen molar-refractivity contribution in [2.45, 2.75) is 19.4 Å². The van der Waals surface area contributed by atoms with Gasteiger partial charge in [0.25, 0.3) is 0 Å². The molecule has 2 N–H and O–H groups in total. The van der Waals surface area contributed by atoms with Crippen molar-refractivity contribution in [2.75, 3.05) is 18.5 Å². The third kappa shape index (κ3) is 3.58. The van der Waals surface area contributed by atoms with E-state index in [1.807, 2.05) is 32.2 Å². The number of hydrogen-bond donors (Lipinski definition) is 1. The van der Waals surface area contributed by atoms with Crippen LogP contribution in [0.25, 0.3) is 0 Å². The van der Waals surface area contributed by atoms with Gasteiger partial charge in [-0.25, -0.2) is 4.39 Å². The largest absolute Gasteiger partial charge is 0.374 e. The molecule has 2 aromatic rings. The van der Waals surface area contributed by atoms with E-state index in [0.717, 1.165) is 24.2 Å². The van der Waals surface area contributed by atoms with Crippen molar-refractivity contribution in [1.82, 2.24) is 0 Å². The summed E-state index contributed by atoms with van der Waals surface area (Å²) in [4.78, 5) is 2.13. The van der Waals surface area contributed by atoms with Gasteiger partial charge in [-0.2, -0.15) is 0 Å². The van der Waals surface area contributed by atoms with Gasteiger partial charge in [0.15, 0.2) is 0 Å². The number of anilines is 1. The summed E-state index contributed by atoms with van der Waals surface area (Å²) in [5.74, 6) is -0.238. The highest BCUT2D eigenvalue weighted by Crippen LogP contribution is 2.25. The maximum absolute atomic E-state index is 13.3. The summed E-state index contributed by atoms with van der Waals surface area (Å²) in [6, 6.07) is 15.0. The predicted octanol–water partition coefficient (Wildman–Crippen LogP) is 3.52. The Labute approximate surface area is 120 Å². The van der Waals surface area contributed by atoms with Gasteiger partial charge in [0.2, 0.25) is 0 Å². The zero-order valence-electron chi connectivity index (χ0n) is 12.0. The Balaban J connectivity index is 2.11. The van der Waals surface area contributed by atoms with Crippen LogP contribution < -0.4 is 10.6 Å². The summed E-state index contributed by atoms with van der Waals surface area (Å²) in [6.45, 7) is 2.75. The molecule has 106 valence electrons. The molecule has 0 bridgehead atoms. The van der Waals surface area contributed by atoms with E-state index in [2.05, 4.69) is 17.0 Å². The number of benzene rings is 2. The maximum atomic E-state index is 13.3. The highest BCUT2D eigenvalue weighted by molar-refractivity contribution is 5.54. The molecule has 0 saturated heterocycles. The molecule has 2 nitrogen and oxygen atoms in total. The summed E-state index contributed by atoms with van der Waals surface area (Å²) >= 11 is 0. The number of likely N-dealkylation sites (N-methyl/N-ethyl adjacent to an activating group) is 1. The van der Waals surface area contributed by atoms with Gasteiger partial charge in [-0.3, -0.25) is 0 Å². The Kier molecular flexibility index (Phi) is 4.74. The van der Waals surface area contributed by atoms with Gasteiger partial charge in [-0.1, -0.05) is 30.3 Å². The van der Waals surface area contributed by atoms with Gasteiger partial charge in [0.05, 0.1) is 0 Å². The Morgan fingerprint density at radius 2 is 1.85 bits per heavy atom. The topological polar surface area (TPSA) is 29.3 Å². The van der Waals surface area contributed by atoms with E-state index in [4.69, 9.17) is 5.73 Å². The molecular formula is C17H21FN2. The second-order valence-corrected chi connectivity index (χ2v) is 5.15. The molecule has 2 rings (SSSR count). The fraction of sp³-hybridized carbons (Fsp3) is 0.294. The number of rotatable bonds is 5. The average molecular weight is 272 g/mol. The molecule has 0 amide bonds. The summed E-state index contributed by atoms with van der Waals surface area (Å²) in [7, 11) is 2.02. The van der Waals surface area contributed by atoms with Crippen LogP contribution in [-0.2, 0) is 6.42 Å². The van der Waals surface area contributed by atoms with Gasteiger partial charge in [0.1, 0.15) is 5.82 Å². The first-order valence-electron chi connectivity index (χ1n) is 6.88. The molecule has 0 saturated carbocycles.